The van der Waals surface area contributed by atoms with E-state index < -0.39 is 24.3 Å². The minimum absolute atomic E-state index is 0.320. The summed E-state index contributed by atoms with van der Waals surface area (Å²) in [5.41, 5.74) is 0. The van der Waals surface area contributed by atoms with Crippen molar-refractivity contribution in [1.29, 1.82) is 0 Å². The van der Waals surface area contributed by atoms with Crippen molar-refractivity contribution in [3.8, 4) is 0 Å². The lowest BCUT2D eigenvalue weighted by atomic mass is 10.2. The Balaban J connectivity index is 2.16. The van der Waals surface area contributed by atoms with Crippen LogP contribution in [0.2, 0.25) is 0 Å². The Bertz CT molecular complexity index is 223. The quantitative estimate of drug-likeness (QED) is 0.573. The Labute approximate surface area is 70.7 Å². The largest absolute Gasteiger partial charge is 0.464 e. The van der Waals surface area contributed by atoms with Crippen LogP contribution in [-0.4, -0.2) is 29.4 Å². The molecule has 1 N–H and O–H groups in total. The van der Waals surface area contributed by atoms with Crippen LogP contribution in [0, 0.1) is 0 Å². The van der Waals surface area contributed by atoms with Crippen molar-refractivity contribution < 1.29 is 19.3 Å². The first kappa shape index (κ1) is 8.04. The van der Waals surface area contributed by atoms with Gasteiger partial charge in [-0.05, 0) is 13.8 Å². The molecule has 3 atom stereocenters. The number of fused-ring (bicyclic) bond motifs is 1. The van der Waals surface area contributed by atoms with Crippen molar-refractivity contribution in [1.82, 2.24) is 0 Å². The van der Waals surface area contributed by atoms with Crippen molar-refractivity contribution in [3.05, 3.63) is 12.3 Å². The van der Waals surface area contributed by atoms with Crippen LogP contribution < -0.4 is 0 Å². The highest BCUT2D eigenvalue weighted by Gasteiger charge is 2.52. The topological polar surface area (TPSA) is 47.9 Å². The Morgan fingerprint density at radius 2 is 2.08 bits per heavy atom. The molecule has 2 heterocycles. The van der Waals surface area contributed by atoms with E-state index in [0.717, 1.165) is 0 Å². The summed E-state index contributed by atoms with van der Waals surface area (Å²) in [7, 11) is 0. The van der Waals surface area contributed by atoms with E-state index in [-0.39, 0.29) is 0 Å². The molecule has 68 valence electrons. The number of rotatable bonds is 0. The average molecular weight is 172 g/mol. The highest BCUT2D eigenvalue weighted by molar-refractivity contribution is 5.06. The smallest absolute Gasteiger partial charge is 0.231 e. The summed E-state index contributed by atoms with van der Waals surface area (Å²) in [5, 5.41) is 9.47. The second-order valence-electron chi connectivity index (χ2n) is 3.50. The Morgan fingerprint density at radius 3 is 2.67 bits per heavy atom. The molecule has 12 heavy (non-hydrogen) atoms. The lowest BCUT2D eigenvalue weighted by Gasteiger charge is -2.19. The third-order valence-electron chi connectivity index (χ3n) is 2.00. The summed E-state index contributed by atoms with van der Waals surface area (Å²) < 4.78 is 15.9. The van der Waals surface area contributed by atoms with Crippen LogP contribution in [0.1, 0.15) is 13.8 Å². The maximum absolute atomic E-state index is 9.47. The van der Waals surface area contributed by atoms with E-state index in [9.17, 15) is 5.11 Å². The molecule has 0 aromatic heterocycles. The molecule has 2 fully saturated rings. The van der Waals surface area contributed by atoms with Crippen molar-refractivity contribution >= 4 is 0 Å². The molecule has 2 saturated heterocycles. The number of aliphatic hydroxyl groups is 1. The predicted octanol–water partition coefficient (Wildman–Crippen LogP) is 0.369. The predicted molar refractivity (Wildman–Crippen MR) is 40.1 cm³/mol. The molecular formula is C8H12O4. The van der Waals surface area contributed by atoms with Crippen LogP contribution in [0.15, 0.2) is 12.3 Å². The van der Waals surface area contributed by atoms with E-state index in [1.54, 1.807) is 13.8 Å². The number of aliphatic hydroxyl groups excluding tert-OH is 1. The van der Waals surface area contributed by atoms with Gasteiger partial charge in [0.05, 0.1) is 0 Å². The van der Waals surface area contributed by atoms with Crippen molar-refractivity contribution in [2.75, 3.05) is 0 Å². The van der Waals surface area contributed by atoms with Gasteiger partial charge in [-0.1, -0.05) is 6.58 Å². The summed E-state index contributed by atoms with van der Waals surface area (Å²) in [6.45, 7) is 7.10. The zero-order valence-electron chi connectivity index (χ0n) is 7.11. The lowest BCUT2D eigenvalue weighted by Crippen LogP contribution is -2.28. The molecule has 0 radical (unpaired) electrons. The SMILES string of the molecule is C=C1OC2OC(C)(C)OC2C1O. The number of hydrogen-bond acceptors (Lipinski definition) is 4. The normalized spacial score (nSPS) is 44.2. The maximum Gasteiger partial charge on any atom is 0.231 e. The summed E-state index contributed by atoms with van der Waals surface area (Å²) in [5.74, 6) is -0.350. The monoisotopic (exact) mass is 172 g/mol. The molecule has 0 aliphatic carbocycles. The van der Waals surface area contributed by atoms with E-state index in [1.807, 2.05) is 0 Å². The minimum Gasteiger partial charge on any atom is -0.464 e. The van der Waals surface area contributed by atoms with Crippen molar-refractivity contribution in [2.24, 2.45) is 0 Å². The molecule has 4 heteroatoms. The average Bonchev–Trinajstić information content (AvgIpc) is 2.33. The molecule has 4 nitrogen and oxygen atoms in total. The van der Waals surface area contributed by atoms with Gasteiger partial charge in [0.2, 0.25) is 6.29 Å². The second-order valence-corrected chi connectivity index (χ2v) is 3.50. The summed E-state index contributed by atoms with van der Waals surface area (Å²) >= 11 is 0. The van der Waals surface area contributed by atoms with Crippen LogP contribution in [0.25, 0.3) is 0 Å². The fourth-order valence-electron chi connectivity index (χ4n) is 1.46. The van der Waals surface area contributed by atoms with Gasteiger partial charge in [0.25, 0.3) is 0 Å². The minimum atomic E-state index is -0.767. The van der Waals surface area contributed by atoms with Crippen LogP contribution >= 0.6 is 0 Å². The highest BCUT2D eigenvalue weighted by Crippen LogP contribution is 2.38. The molecule has 2 aliphatic heterocycles. The molecule has 0 spiro atoms. The van der Waals surface area contributed by atoms with Crippen LogP contribution in [-0.2, 0) is 14.2 Å². The van der Waals surface area contributed by atoms with Crippen molar-refractivity contribution in [2.45, 2.75) is 38.1 Å². The fraction of sp³-hybridized carbons (Fsp3) is 0.750. The van der Waals surface area contributed by atoms with Gasteiger partial charge in [0.15, 0.2) is 11.9 Å². The van der Waals surface area contributed by atoms with E-state index in [2.05, 4.69) is 6.58 Å². The molecule has 3 unspecified atom stereocenters. The van der Waals surface area contributed by atoms with Gasteiger partial charge >= 0.3 is 0 Å². The molecule has 0 aromatic rings. The number of hydrogen-bond donors (Lipinski definition) is 1. The summed E-state index contributed by atoms with van der Waals surface area (Å²) in [6, 6.07) is 0. The van der Waals surface area contributed by atoms with Crippen LogP contribution in [0.4, 0.5) is 0 Å². The van der Waals surface area contributed by atoms with E-state index in [1.165, 1.54) is 0 Å². The molecule has 2 aliphatic rings. The number of ether oxygens (including phenoxy) is 3. The molecule has 2 rings (SSSR count). The molecule has 0 aromatic carbocycles. The molecular weight excluding hydrogens is 160 g/mol. The third-order valence-corrected chi connectivity index (χ3v) is 2.00. The highest BCUT2D eigenvalue weighted by atomic mass is 16.8. The second kappa shape index (κ2) is 2.22. The fourth-order valence-corrected chi connectivity index (χ4v) is 1.46. The standard InChI is InChI=1S/C8H12O4/c1-4-5(9)6-7(10-4)12-8(2,3)11-6/h5-7,9H,1H2,2-3H3. The maximum atomic E-state index is 9.47. The lowest BCUT2D eigenvalue weighted by molar-refractivity contribution is -0.189. The van der Waals surface area contributed by atoms with Gasteiger partial charge in [-0.2, -0.15) is 0 Å². The van der Waals surface area contributed by atoms with Crippen LogP contribution in [0.3, 0.4) is 0 Å². The van der Waals surface area contributed by atoms with E-state index >= 15 is 0 Å². The van der Waals surface area contributed by atoms with Gasteiger partial charge in [0.1, 0.15) is 11.9 Å². The Morgan fingerprint density at radius 1 is 1.42 bits per heavy atom. The Hall–Kier alpha value is -0.580. The van der Waals surface area contributed by atoms with E-state index in [4.69, 9.17) is 14.2 Å². The molecule has 0 saturated carbocycles. The van der Waals surface area contributed by atoms with Crippen LogP contribution in [0.5, 0.6) is 0 Å². The Kier molecular flexibility index (Phi) is 1.49. The third kappa shape index (κ3) is 1.03. The van der Waals surface area contributed by atoms with Gasteiger partial charge < -0.3 is 19.3 Å². The molecule has 0 bridgehead atoms. The van der Waals surface area contributed by atoms with Crippen molar-refractivity contribution in [3.63, 3.8) is 0 Å². The van der Waals surface area contributed by atoms with E-state index in [0.29, 0.717) is 5.76 Å². The first-order valence-electron chi connectivity index (χ1n) is 3.89. The zero-order chi connectivity index (χ0) is 8.93. The van der Waals surface area contributed by atoms with Gasteiger partial charge in [-0.25, -0.2) is 0 Å². The molecule has 0 amide bonds. The first-order chi connectivity index (χ1) is 5.49. The van der Waals surface area contributed by atoms with Gasteiger partial charge in [0, 0.05) is 0 Å². The van der Waals surface area contributed by atoms with Gasteiger partial charge in [-0.15, -0.1) is 0 Å². The first-order valence-corrected chi connectivity index (χ1v) is 3.89. The summed E-state index contributed by atoms with van der Waals surface area (Å²) in [4.78, 5) is 0. The van der Waals surface area contributed by atoms with Gasteiger partial charge in [-0.3, -0.25) is 0 Å². The summed E-state index contributed by atoms with van der Waals surface area (Å²) in [6.07, 6.45) is -1.69. The zero-order valence-corrected chi connectivity index (χ0v) is 7.11.